The predicted octanol–water partition coefficient (Wildman–Crippen LogP) is 5.72. The molecule has 0 atom stereocenters. The molecule has 3 N–H and O–H groups in total. The van der Waals surface area contributed by atoms with Gasteiger partial charge < -0.3 is 15.7 Å². The first-order valence-corrected chi connectivity index (χ1v) is 12.3. The van der Waals surface area contributed by atoms with E-state index < -0.39 is 6.09 Å². The lowest BCUT2D eigenvalue weighted by molar-refractivity contribution is 0.124. The molecule has 0 unspecified atom stereocenters. The Balaban J connectivity index is 1.29. The van der Waals surface area contributed by atoms with Crippen molar-refractivity contribution in [2.75, 3.05) is 18.8 Å². The zero-order valence-corrected chi connectivity index (χ0v) is 20.2. The van der Waals surface area contributed by atoms with Crippen LogP contribution < -0.4 is 5.73 Å². The molecule has 0 bridgehead atoms. The normalized spacial score (nSPS) is 14.2. The van der Waals surface area contributed by atoms with Crippen LogP contribution in [-0.2, 0) is 0 Å². The minimum atomic E-state index is -0.862. The predicted molar refractivity (Wildman–Crippen MR) is 144 cm³/mol. The van der Waals surface area contributed by atoms with E-state index in [9.17, 15) is 9.90 Å². The second kappa shape index (κ2) is 9.39. The van der Waals surface area contributed by atoms with E-state index in [4.69, 9.17) is 5.73 Å². The standard InChI is InChI=1S/C29H26N6O2/c30-28-26(27-14-22-12-20(6-7-21(22)15-31-27)19-4-2-1-3-5-19)13-23(16-32-28)24-17-33-35(18-24)25-8-10-34(11-9-25)29(36)37/h1-7,12-18,25H,8-11H2,(H2,30,32)(H,36,37). The molecule has 0 saturated carbocycles. The summed E-state index contributed by atoms with van der Waals surface area (Å²) in [6, 6.07) is 20.9. The molecule has 1 fully saturated rings. The number of aromatic nitrogens is 4. The molecule has 1 saturated heterocycles. The largest absolute Gasteiger partial charge is 0.465 e. The Morgan fingerprint density at radius 2 is 1.65 bits per heavy atom. The molecule has 8 heteroatoms. The van der Waals surface area contributed by atoms with E-state index in [0.29, 0.717) is 18.9 Å². The van der Waals surface area contributed by atoms with E-state index in [1.807, 2.05) is 47.5 Å². The van der Waals surface area contributed by atoms with E-state index in [1.54, 1.807) is 6.20 Å². The number of benzene rings is 2. The molecule has 5 aromatic rings. The van der Waals surface area contributed by atoms with Crippen LogP contribution >= 0.6 is 0 Å². The third kappa shape index (κ3) is 4.49. The van der Waals surface area contributed by atoms with Crippen LogP contribution in [0, 0.1) is 0 Å². The molecule has 8 nitrogen and oxygen atoms in total. The number of rotatable bonds is 4. The van der Waals surface area contributed by atoms with Gasteiger partial charge in [-0.25, -0.2) is 9.78 Å². The third-order valence-electron chi connectivity index (χ3n) is 7.07. The summed E-state index contributed by atoms with van der Waals surface area (Å²) in [6.45, 7) is 1.03. The Morgan fingerprint density at radius 3 is 2.43 bits per heavy atom. The monoisotopic (exact) mass is 490 g/mol. The van der Waals surface area contributed by atoms with Crippen molar-refractivity contribution in [3.8, 4) is 33.5 Å². The highest BCUT2D eigenvalue weighted by Crippen LogP contribution is 2.32. The molecule has 1 amide bonds. The van der Waals surface area contributed by atoms with Gasteiger partial charge in [0.05, 0.1) is 17.9 Å². The van der Waals surface area contributed by atoms with Crippen molar-refractivity contribution in [3.05, 3.63) is 85.5 Å². The fourth-order valence-corrected chi connectivity index (χ4v) is 4.95. The zero-order valence-electron chi connectivity index (χ0n) is 20.2. The molecule has 1 aliphatic heterocycles. The van der Waals surface area contributed by atoms with Crippen molar-refractivity contribution in [2.45, 2.75) is 18.9 Å². The number of amides is 1. The highest BCUT2D eigenvalue weighted by molar-refractivity contribution is 5.90. The fraction of sp³-hybridized carbons (Fsp3) is 0.172. The van der Waals surface area contributed by atoms with Crippen molar-refractivity contribution < 1.29 is 9.90 Å². The van der Waals surface area contributed by atoms with Crippen molar-refractivity contribution in [1.29, 1.82) is 0 Å². The van der Waals surface area contributed by atoms with Gasteiger partial charge in [0, 0.05) is 53.8 Å². The maximum Gasteiger partial charge on any atom is 0.407 e. The maximum atomic E-state index is 11.2. The van der Waals surface area contributed by atoms with E-state index >= 15 is 0 Å². The smallest absolute Gasteiger partial charge is 0.407 e. The van der Waals surface area contributed by atoms with Gasteiger partial charge in [0.1, 0.15) is 5.82 Å². The van der Waals surface area contributed by atoms with Crippen LogP contribution in [0.3, 0.4) is 0 Å². The summed E-state index contributed by atoms with van der Waals surface area (Å²) in [7, 11) is 0. The molecule has 1 aliphatic rings. The molecule has 0 radical (unpaired) electrons. The average Bonchev–Trinajstić information content (AvgIpc) is 3.44. The highest BCUT2D eigenvalue weighted by atomic mass is 16.4. The number of pyridine rings is 2. The number of anilines is 1. The van der Waals surface area contributed by atoms with Crippen LogP contribution in [0.2, 0.25) is 0 Å². The van der Waals surface area contributed by atoms with Crippen molar-refractivity contribution >= 4 is 22.7 Å². The van der Waals surface area contributed by atoms with Gasteiger partial charge >= 0.3 is 6.09 Å². The Kier molecular flexibility index (Phi) is 5.76. The molecule has 3 aromatic heterocycles. The SMILES string of the molecule is Nc1ncc(-c2cnn(C3CCN(C(=O)O)CC3)c2)cc1-c1cc2cc(-c3ccccc3)ccc2cn1. The quantitative estimate of drug-likeness (QED) is 0.333. The summed E-state index contributed by atoms with van der Waals surface area (Å²) in [5, 5.41) is 15.9. The van der Waals surface area contributed by atoms with Gasteiger partial charge in [-0.15, -0.1) is 0 Å². The number of carboxylic acid groups (broad SMARTS) is 1. The number of carbonyl (C=O) groups is 1. The first-order chi connectivity index (χ1) is 18.0. The van der Waals surface area contributed by atoms with Crippen LogP contribution in [0.1, 0.15) is 18.9 Å². The van der Waals surface area contributed by atoms with Crippen LogP contribution in [0.25, 0.3) is 44.3 Å². The van der Waals surface area contributed by atoms with Crippen LogP contribution in [0.15, 0.2) is 85.5 Å². The number of nitrogens with two attached hydrogens (primary N) is 1. The van der Waals surface area contributed by atoms with E-state index in [1.165, 1.54) is 4.90 Å². The third-order valence-corrected chi connectivity index (χ3v) is 7.07. The summed E-state index contributed by atoms with van der Waals surface area (Å²) >= 11 is 0. The Bertz CT molecular complexity index is 1590. The molecular weight excluding hydrogens is 464 g/mol. The molecule has 0 aliphatic carbocycles. The van der Waals surface area contributed by atoms with Crippen LogP contribution in [0.4, 0.5) is 10.6 Å². The fourth-order valence-electron chi connectivity index (χ4n) is 4.95. The topological polar surface area (TPSA) is 110 Å². The van der Waals surface area contributed by atoms with Gasteiger partial charge in [0.2, 0.25) is 0 Å². The lowest BCUT2D eigenvalue weighted by Gasteiger charge is -2.30. The van der Waals surface area contributed by atoms with Gasteiger partial charge in [-0.05, 0) is 47.6 Å². The number of piperidine rings is 1. The number of nitrogen functional groups attached to an aromatic ring is 1. The maximum absolute atomic E-state index is 11.2. The van der Waals surface area contributed by atoms with Gasteiger partial charge in [-0.3, -0.25) is 9.67 Å². The zero-order chi connectivity index (χ0) is 25.4. The van der Waals surface area contributed by atoms with Crippen LogP contribution in [0.5, 0.6) is 0 Å². The summed E-state index contributed by atoms with van der Waals surface area (Å²) < 4.78 is 1.93. The number of hydrogen-bond acceptors (Lipinski definition) is 5. The lowest BCUT2D eigenvalue weighted by atomic mass is 10.0. The molecule has 6 rings (SSSR count). The molecule has 4 heterocycles. The average molecular weight is 491 g/mol. The molecule has 0 spiro atoms. The number of nitrogens with zero attached hydrogens (tertiary/aromatic N) is 5. The lowest BCUT2D eigenvalue weighted by Crippen LogP contribution is -2.38. The summed E-state index contributed by atoms with van der Waals surface area (Å²) in [5.74, 6) is 0.420. The van der Waals surface area contributed by atoms with Gasteiger partial charge in [0.25, 0.3) is 0 Å². The Labute approximate surface area is 214 Å². The molecule has 37 heavy (non-hydrogen) atoms. The van der Waals surface area contributed by atoms with Crippen molar-refractivity contribution in [3.63, 3.8) is 0 Å². The number of fused-ring (bicyclic) bond motifs is 1. The Morgan fingerprint density at radius 1 is 0.838 bits per heavy atom. The van der Waals surface area contributed by atoms with E-state index in [0.717, 1.165) is 57.1 Å². The van der Waals surface area contributed by atoms with Gasteiger partial charge in [0.15, 0.2) is 0 Å². The minimum absolute atomic E-state index is 0.173. The second-order valence-electron chi connectivity index (χ2n) is 9.36. The van der Waals surface area contributed by atoms with Crippen molar-refractivity contribution in [1.82, 2.24) is 24.6 Å². The van der Waals surface area contributed by atoms with E-state index in [-0.39, 0.29) is 6.04 Å². The molecule has 2 aromatic carbocycles. The van der Waals surface area contributed by atoms with E-state index in [2.05, 4.69) is 51.5 Å². The minimum Gasteiger partial charge on any atom is -0.465 e. The van der Waals surface area contributed by atoms with Crippen LogP contribution in [-0.4, -0.2) is 48.9 Å². The molecular formula is C29H26N6O2. The summed E-state index contributed by atoms with van der Waals surface area (Å²) in [6.07, 6.45) is 8.06. The summed E-state index contributed by atoms with van der Waals surface area (Å²) in [4.78, 5) is 21.8. The number of hydrogen-bond donors (Lipinski definition) is 2. The Hall–Kier alpha value is -4.72. The van der Waals surface area contributed by atoms with Gasteiger partial charge in [-0.1, -0.05) is 42.5 Å². The first-order valence-electron chi connectivity index (χ1n) is 12.3. The molecule has 184 valence electrons. The van der Waals surface area contributed by atoms with Gasteiger partial charge in [-0.2, -0.15) is 5.10 Å². The second-order valence-corrected chi connectivity index (χ2v) is 9.36. The summed E-state index contributed by atoms with van der Waals surface area (Å²) in [5.41, 5.74) is 12.0. The highest BCUT2D eigenvalue weighted by Gasteiger charge is 2.24. The number of likely N-dealkylation sites (tertiary alicyclic amines) is 1. The van der Waals surface area contributed by atoms with Crippen molar-refractivity contribution in [2.24, 2.45) is 0 Å². The first kappa shape index (κ1) is 22.7.